The SMILES string of the molecule is CC(Oc1ccc2c(c1)c(/C=C(\F)c1ccc(C=O)nc1)nn2C1CCCCO1)C1=C(Cl)CNC=C1Cl. The maximum absolute atomic E-state index is 15.2. The second kappa shape index (κ2) is 11.0. The normalized spacial score (nSPS) is 19.4. The van der Waals surface area contributed by atoms with Crippen LogP contribution in [0.25, 0.3) is 22.8 Å². The van der Waals surface area contributed by atoms with Gasteiger partial charge in [-0.05, 0) is 56.5 Å². The minimum atomic E-state index is -0.524. The van der Waals surface area contributed by atoms with Crippen LogP contribution in [0.2, 0.25) is 0 Å². The van der Waals surface area contributed by atoms with E-state index in [0.717, 1.165) is 24.8 Å². The summed E-state index contributed by atoms with van der Waals surface area (Å²) in [6.45, 7) is 3.00. The lowest BCUT2D eigenvalue weighted by Crippen LogP contribution is -2.23. The van der Waals surface area contributed by atoms with E-state index in [9.17, 15) is 4.79 Å². The van der Waals surface area contributed by atoms with Crippen molar-refractivity contribution in [3.8, 4) is 5.75 Å². The fraction of sp³-hybridized carbons (Fsp3) is 0.296. The molecule has 1 N–H and O–H groups in total. The lowest BCUT2D eigenvalue weighted by molar-refractivity contribution is -0.0367. The zero-order valence-corrected chi connectivity index (χ0v) is 21.6. The van der Waals surface area contributed by atoms with Crippen LogP contribution >= 0.6 is 23.2 Å². The molecule has 2 aliphatic rings. The molecule has 0 aliphatic carbocycles. The first-order valence-electron chi connectivity index (χ1n) is 12.0. The number of nitrogens with one attached hydrogen (secondary N) is 1. The highest BCUT2D eigenvalue weighted by molar-refractivity contribution is 6.36. The van der Waals surface area contributed by atoms with Crippen molar-refractivity contribution in [2.45, 2.75) is 38.5 Å². The standard InChI is InChI=1S/C27H25Cl2FN4O3/c1-16(27-21(28)13-31-14-22(27)29)37-19-7-8-25-20(10-19)24(33-34(25)26-4-2-3-9-36-26)11-23(30)17-5-6-18(15-35)32-12-17/h5-8,10-13,15-16,26,31H,2-4,9,14H2,1H3/b23-11-. The Hall–Kier alpha value is -3.20. The summed E-state index contributed by atoms with van der Waals surface area (Å²) in [4.78, 5) is 14.8. The number of rotatable bonds is 7. The van der Waals surface area contributed by atoms with Crippen molar-refractivity contribution in [2.75, 3.05) is 13.2 Å². The van der Waals surface area contributed by atoms with Gasteiger partial charge in [-0.15, -0.1) is 0 Å². The Morgan fingerprint density at radius 1 is 1.30 bits per heavy atom. The number of carbonyl (C=O) groups is 1. The summed E-state index contributed by atoms with van der Waals surface area (Å²) in [5, 5.41) is 9.52. The number of carbonyl (C=O) groups excluding carboxylic acids is 1. The molecule has 2 atom stereocenters. The second-order valence-electron chi connectivity index (χ2n) is 8.86. The summed E-state index contributed by atoms with van der Waals surface area (Å²) < 4.78 is 29.2. The van der Waals surface area contributed by atoms with E-state index in [-0.39, 0.29) is 17.5 Å². The summed E-state index contributed by atoms with van der Waals surface area (Å²) in [5.74, 6) is 0.0421. The summed E-state index contributed by atoms with van der Waals surface area (Å²) >= 11 is 12.8. The van der Waals surface area contributed by atoms with E-state index >= 15 is 4.39 Å². The van der Waals surface area contributed by atoms with Crippen molar-refractivity contribution in [1.29, 1.82) is 0 Å². The van der Waals surface area contributed by atoms with E-state index in [1.54, 1.807) is 10.9 Å². The van der Waals surface area contributed by atoms with Gasteiger partial charge in [0.1, 0.15) is 23.4 Å². The third-order valence-electron chi connectivity index (χ3n) is 6.34. The van der Waals surface area contributed by atoms with Crippen LogP contribution in [0.5, 0.6) is 5.75 Å². The molecule has 37 heavy (non-hydrogen) atoms. The molecule has 0 spiro atoms. The largest absolute Gasteiger partial charge is 0.486 e. The average molecular weight is 543 g/mol. The molecule has 2 aromatic heterocycles. The van der Waals surface area contributed by atoms with Gasteiger partial charge < -0.3 is 14.8 Å². The molecule has 5 rings (SSSR count). The molecule has 1 saturated heterocycles. The lowest BCUT2D eigenvalue weighted by Gasteiger charge is -2.24. The number of ether oxygens (including phenoxy) is 2. The molecule has 1 fully saturated rings. The fourth-order valence-corrected chi connectivity index (χ4v) is 5.22. The number of pyridine rings is 1. The Balaban J connectivity index is 1.53. The van der Waals surface area contributed by atoms with E-state index in [1.165, 1.54) is 24.4 Å². The molecule has 192 valence electrons. The average Bonchev–Trinajstić information content (AvgIpc) is 3.26. The Morgan fingerprint density at radius 2 is 2.16 bits per heavy atom. The molecule has 0 saturated carbocycles. The molecule has 1 aromatic carbocycles. The van der Waals surface area contributed by atoms with Crippen LogP contribution in [-0.2, 0) is 4.74 Å². The van der Waals surface area contributed by atoms with Gasteiger partial charge in [0.15, 0.2) is 12.5 Å². The highest BCUT2D eigenvalue weighted by Gasteiger charge is 2.24. The lowest BCUT2D eigenvalue weighted by atomic mass is 10.1. The van der Waals surface area contributed by atoms with E-state index in [1.807, 2.05) is 25.1 Å². The molecule has 0 radical (unpaired) electrons. The first-order valence-corrected chi connectivity index (χ1v) is 12.8. The molecule has 2 aliphatic heterocycles. The van der Waals surface area contributed by atoms with Gasteiger partial charge >= 0.3 is 0 Å². The van der Waals surface area contributed by atoms with E-state index in [2.05, 4.69) is 10.3 Å². The Labute approximate surface area is 223 Å². The first kappa shape index (κ1) is 25.4. The Morgan fingerprint density at radius 3 is 2.86 bits per heavy atom. The predicted octanol–water partition coefficient (Wildman–Crippen LogP) is 6.35. The van der Waals surface area contributed by atoms with Crippen molar-refractivity contribution < 1.29 is 18.7 Å². The molecular formula is C27H25Cl2FN4O3. The predicted molar refractivity (Wildman–Crippen MR) is 142 cm³/mol. The summed E-state index contributed by atoms with van der Waals surface area (Å²) in [6.07, 6.45) is 7.20. The van der Waals surface area contributed by atoms with Crippen LogP contribution in [0.1, 0.15) is 54.2 Å². The molecule has 0 amide bonds. The van der Waals surface area contributed by atoms with E-state index < -0.39 is 11.9 Å². The second-order valence-corrected chi connectivity index (χ2v) is 9.73. The number of aldehydes is 1. The number of halogens is 3. The smallest absolute Gasteiger partial charge is 0.168 e. The molecule has 4 heterocycles. The van der Waals surface area contributed by atoms with Crippen molar-refractivity contribution in [3.63, 3.8) is 0 Å². The van der Waals surface area contributed by atoms with Crippen molar-refractivity contribution >= 4 is 52.3 Å². The van der Waals surface area contributed by atoms with Gasteiger partial charge in [-0.3, -0.25) is 9.78 Å². The van der Waals surface area contributed by atoms with Gasteiger partial charge in [-0.1, -0.05) is 23.2 Å². The van der Waals surface area contributed by atoms with Gasteiger partial charge in [0, 0.05) is 46.6 Å². The fourth-order valence-electron chi connectivity index (χ4n) is 4.49. The number of nitrogens with zero attached hydrogens (tertiary/aromatic N) is 3. The van der Waals surface area contributed by atoms with Crippen molar-refractivity contribution in [1.82, 2.24) is 20.1 Å². The number of hydrogen-bond acceptors (Lipinski definition) is 6. The summed E-state index contributed by atoms with van der Waals surface area (Å²) in [5.41, 5.74) is 2.42. The minimum Gasteiger partial charge on any atom is -0.486 e. The maximum Gasteiger partial charge on any atom is 0.168 e. The van der Waals surface area contributed by atoms with Crippen LogP contribution < -0.4 is 10.1 Å². The zero-order valence-electron chi connectivity index (χ0n) is 20.1. The number of fused-ring (bicyclic) bond motifs is 1. The first-order chi connectivity index (χ1) is 17.9. The molecule has 3 aromatic rings. The highest BCUT2D eigenvalue weighted by atomic mass is 35.5. The van der Waals surface area contributed by atoms with Gasteiger partial charge in [-0.2, -0.15) is 5.10 Å². The summed E-state index contributed by atoms with van der Waals surface area (Å²) in [6, 6.07) is 8.55. The zero-order chi connectivity index (χ0) is 25.9. The summed E-state index contributed by atoms with van der Waals surface area (Å²) in [7, 11) is 0. The number of aromatic nitrogens is 3. The topological polar surface area (TPSA) is 78.3 Å². The van der Waals surface area contributed by atoms with Crippen LogP contribution in [0.4, 0.5) is 4.39 Å². The number of dihydropyridines is 1. The van der Waals surface area contributed by atoms with Crippen LogP contribution in [-0.4, -0.2) is 40.3 Å². The molecule has 10 heteroatoms. The van der Waals surface area contributed by atoms with Crippen LogP contribution in [0.15, 0.2) is 58.4 Å². The Bertz CT molecular complexity index is 1410. The highest BCUT2D eigenvalue weighted by Crippen LogP contribution is 2.34. The van der Waals surface area contributed by atoms with Gasteiger partial charge in [0.25, 0.3) is 0 Å². The Kier molecular flexibility index (Phi) is 7.60. The minimum absolute atomic E-state index is 0.232. The monoisotopic (exact) mass is 542 g/mol. The quantitative estimate of drug-likeness (QED) is 0.350. The molecule has 7 nitrogen and oxygen atoms in total. The van der Waals surface area contributed by atoms with Gasteiger partial charge in [-0.25, -0.2) is 9.07 Å². The maximum atomic E-state index is 15.2. The van der Waals surface area contributed by atoms with E-state index in [0.29, 0.717) is 51.9 Å². The third-order valence-corrected chi connectivity index (χ3v) is 6.99. The van der Waals surface area contributed by atoms with Gasteiger partial charge in [0.05, 0.1) is 22.8 Å². The van der Waals surface area contributed by atoms with E-state index in [4.69, 9.17) is 37.8 Å². The number of benzene rings is 1. The molecular weight excluding hydrogens is 518 g/mol. The van der Waals surface area contributed by atoms with Crippen LogP contribution in [0.3, 0.4) is 0 Å². The molecule has 2 unspecified atom stereocenters. The van der Waals surface area contributed by atoms with Crippen molar-refractivity contribution in [2.24, 2.45) is 0 Å². The van der Waals surface area contributed by atoms with Crippen LogP contribution in [0, 0.1) is 0 Å². The van der Waals surface area contributed by atoms with Crippen molar-refractivity contribution in [3.05, 3.63) is 75.3 Å². The van der Waals surface area contributed by atoms with Gasteiger partial charge in [0.2, 0.25) is 0 Å². The number of hydrogen-bond donors (Lipinski definition) is 1. The third kappa shape index (κ3) is 5.42. The molecule has 0 bridgehead atoms.